The van der Waals surface area contributed by atoms with Gasteiger partial charge in [0.1, 0.15) is 5.75 Å². The van der Waals surface area contributed by atoms with Crippen molar-refractivity contribution < 1.29 is 4.74 Å². The SMILES string of the molecule is O=c1cc[nH]c(Oc2cccc3ncccc23)c1. The van der Waals surface area contributed by atoms with Gasteiger partial charge in [-0.05, 0) is 24.3 Å². The van der Waals surface area contributed by atoms with Gasteiger partial charge in [0.2, 0.25) is 5.88 Å². The third-order valence-corrected chi connectivity index (χ3v) is 2.57. The first-order valence-electron chi connectivity index (χ1n) is 5.53. The van der Waals surface area contributed by atoms with Gasteiger partial charge in [-0.25, -0.2) is 0 Å². The Balaban J connectivity index is 2.07. The zero-order chi connectivity index (χ0) is 12.4. The van der Waals surface area contributed by atoms with E-state index in [1.54, 1.807) is 12.4 Å². The molecule has 88 valence electrons. The molecule has 4 nitrogen and oxygen atoms in total. The summed E-state index contributed by atoms with van der Waals surface area (Å²) in [6.45, 7) is 0. The standard InChI is InChI=1S/C14H10N2O2/c17-10-6-8-16-14(9-10)18-13-5-1-4-12-11(13)3-2-7-15-12/h1-9H,(H,16,17). The monoisotopic (exact) mass is 238 g/mol. The third-order valence-electron chi connectivity index (χ3n) is 2.57. The number of fused-ring (bicyclic) bond motifs is 1. The number of aromatic amines is 1. The summed E-state index contributed by atoms with van der Waals surface area (Å²) in [5.41, 5.74) is 0.760. The Morgan fingerprint density at radius 2 is 2.06 bits per heavy atom. The number of hydrogen-bond acceptors (Lipinski definition) is 3. The van der Waals surface area contributed by atoms with Gasteiger partial charge in [0.15, 0.2) is 5.43 Å². The highest BCUT2D eigenvalue weighted by atomic mass is 16.5. The predicted molar refractivity (Wildman–Crippen MR) is 68.9 cm³/mol. The topological polar surface area (TPSA) is 55.0 Å². The number of nitrogens with one attached hydrogen (secondary N) is 1. The summed E-state index contributed by atoms with van der Waals surface area (Å²) in [6.07, 6.45) is 3.29. The number of nitrogens with zero attached hydrogens (tertiary/aromatic N) is 1. The molecule has 0 unspecified atom stereocenters. The summed E-state index contributed by atoms with van der Waals surface area (Å²) in [6, 6.07) is 12.3. The molecule has 0 amide bonds. The molecule has 3 aromatic rings. The summed E-state index contributed by atoms with van der Waals surface area (Å²) in [4.78, 5) is 18.4. The van der Waals surface area contributed by atoms with Crippen LogP contribution in [0.2, 0.25) is 0 Å². The molecule has 0 bridgehead atoms. The zero-order valence-electron chi connectivity index (χ0n) is 9.46. The Hall–Kier alpha value is -2.62. The van der Waals surface area contributed by atoms with Crippen molar-refractivity contribution in [1.82, 2.24) is 9.97 Å². The first-order chi connectivity index (χ1) is 8.83. The second kappa shape index (κ2) is 4.33. The van der Waals surface area contributed by atoms with Crippen LogP contribution in [0.1, 0.15) is 0 Å². The van der Waals surface area contributed by atoms with E-state index >= 15 is 0 Å². The van der Waals surface area contributed by atoms with Crippen molar-refractivity contribution in [2.75, 3.05) is 0 Å². The van der Waals surface area contributed by atoms with Crippen molar-refractivity contribution in [3.8, 4) is 11.6 Å². The van der Waals surface area contributed by atoms with Crippen molar-refractivity contribution in [3.05, 3.63) is 65.1 Å². The zero-order valence-corrected chi connectivity index (χ0v) is 9.46. The molecule has 0 fully saturated rings. The Bertz CT molecular complexity index is 744. The molecule has 0 saturated carbocycles. The summed E-state index contributed by atoms with van der Waals surface area (Å²) < 4.78 is 5.68. The van der Waals surface area contributed by atoms with Crippen LogP contribution in [0.25, 0.3) is 10.9 Å². The van der Waals surface area contributed by atoms with Gasteiger partial charge in [-0.15, -0.1) is 0 Å². The predicted octanol–water partition coefficient (Wildman–Crippen LogP) is 2.72. The van der Waals surface area contributed by atoms with Crippen molar-refractivity contribution >= 4 is 10.9 Å². The molecule has 2 aromatic heterocycles. The van der Waals surface area contributed by atoms with Gasteiger partial charge < -0.3 is 9.72 Å². The summed E-state index contributed by atoms with van der Waals surface area (Å²) in [7, 11) is 0. The molecule has 1 aromatic carbocycles. The number of rotatable bonds is 2. The highest BCUT2D eigenvalue weighted by Crippen LogP contribution is 2.26. The van der Waals surface area contributed by atoms with Crippen molar-refractivity contribution in [2.45, 2.75) is 0 Å². The van der Waals surface area contributed by atoms with E-state index in [2.05, 4.69) is 9.97 Å². The lowest BCUT2D eigenvalue weighted by atomic mass is 10.2. The number of benzene rings is 1. The lowest BCUT2D eigenvalue weighted by molar-refractivity contribution is 0.467. The lowest BCUT2D eigenvalue weighted by Gasteiger charge is -2.07. The van der Waals surface area contributed by atoms with Crippen LogP contribution in [-0.4, -0.2) is 9.97 Å². The second-order valence-electron chi connectivity index (χ2n) is 3.82. The number of H-pyrrole nitrogens is 1. The fraction of sp³-hybridized carbons (Fsp3) is 0. The minimum absolute atomic E-state index is 0.0953. The van der Waals surface area contributed by atoms with Crippen LogP contribution in [-0.2, 0) is 0 Å². The summed E-state index contributed by atoms with van der Waals surface area (Å²) >= 11 is 0. The Morgan fingerprint density at radius 1 is 1.11 bits per heavy atom. The fourth-order valence-corrected chi connectivity index (χ4v) is 1.77. The second-order valence-corrected chi connectivity index (χ2v) is 3.82. The molecule has 0 spiro atoms. The Morgan fingerprint density at radius 3 is 2.94 bits per heavy atom. The highest BCUT2D eigenvalue weighted by Gasteiger charge is 2.03. The maximum absolute atomic E-state index is 11.2. The van der Waals surface area contributed by atoms with E-state index in [-0.39, 0.29) is 5.43 Å². The molecular formula is C14H10N2O2. The van der Waals surface area contributed by atoms with Crippen LogP contribution in [0.5, 0.6) is 11.6 Å². The van der Waals surface area contributed by atoms with Gasteiger partial charge in [-0.2, -0.15) is 0 Å². The smallest absolute Gasteiger partial charge is 0.201 e. The highest BCUT2D eigenvalue weighted by molar-refractivity contribution is 5.85. The fourth-order valence-electron chi connectivity index (χ4n) is 1.77. The van der Waals surface area contributed by atoms with E-state index in [4.69, 9.17) is 4.74 Å². The quantitative estimate of drug-likeness (QED) is 0.746. The van der Waals surface area contributed by atoms with Gasteiger partial charge in [-0.1, -0.05) is 6.07 Å². The van der Waals surface area contributed by atoms with Gasteiger partial charge >= 0.3 is 0 Å². The number of hydrogen-bond donors (Lipinski definition) is 1. The minimum Gasteiger partial charge on any atom is -0.440 e. The van der Waals surface area contributed by atoms with Crippen LogP contribution in [0, 0.1) is 0 Å². The normalized spacial score (nSPS) is 10.4. The molecule has 2 heterocycles. The number of aromatic nitrogens is 2. The molecule has 0 saturated heterocycles. The third kappa shape index (κ3) is 1.96. The van der Waals surface area contributed by atoms with E-state index < -0.39 is 0 Å². The minimum atomic E-state index is -0.0953. The largest absolute Gasteiger partial charge is 0.440 e. The van der Waals surface area contributed by atoms with E-state index in [0.29, 0.717) is 11.6 Å². The van der Waals surface area contributed by atoms with Crippen LogP contribution in [0.3, 0.4) is 0 Å². The van der Waals surface area contributed by atoms with Gasteiger partial charge in [-0.3, -0.25) is 9.78 Å². The van der Waals surface area contributed by atoms with Crippen LogP contribution >= 0.6 is 0 Å². The van der Waals surface area contributed by atoms with Crippen LogP contribution < -0.4 is 10.2 Å². The van der Waals surface area contributed by atoms with E-state index in [0.717, 1.165) is 10.9 Å². The van der Waals surface area contributed by atoms with E-state index in [1.807, 2.05) is 30.3 Å². The molecule has 3 rings (SSSR count). The maximum atomic E-state index is 11.2. The van der Waals surface area contributed by atoms with Gasteiger partial charge in [0.25, 0.3) is 0 Å². The van der Waals surface area contributed by atoms with Crippen molar-refractivity contribution in [3.63, 3.8) is 0 Å². The van der Waals surface area contributed by atoms with E-state index in [9.17, 15) is 4.79 Å². The average Bonchev–Trinajstić information content (AvgIpc) is 2.39. The molecule has 0 atom stereocenters. The van der Waals surface area contributed by atoms with Crippen LogP contribution in [0.15, 0.2) is 59.7 Å². The molecule has 0 aliphatic carbocycles. The first-order valence-corrected chi connectivity index (χ1v) is 5.53. The number of ether oxygens (including phenoxy) is 1. The Kier molecular flexibility index (Phi) is 2.53. The van der Waals surface area contributed by atoms with Crippen molar-refractivity contribution in [1.29, 1.82) is 0 Å². The summed E-state index contributed by atoms with van der Waals surface area (Å²) in [5, 5.41) is 0.907. The molecule has 4 heteroatoms. The first kappa shape index (κ1) is 10.5. The lowest BCUT2D eigenvalue weighted by Crippen LogP contribution is -1.98. The molecule has 0 aliphatic heterocycles. The Labute approximate surface area is 103 Å². The average molecular weight is 238 g/mol. The molecular weight excluding hydrogens is 228 g/mol. The van der Waals surface area contributed by atoms with Gasteiger partial charge in [0, 0.05) is 29.9 Å². The van der Waals surface area contributed by atoms with Crippen molar-refractivity contribution in [2.24, 2.45) is 0 Å². The molecule has 0 aliphatic rings. The number of pyridine rings is 2. The molecule has 0 radical (unpaired) electrons. The van der Waals surface area contributed by atoms with Gasteiger partial charge in [0.05, 0.1) is 5.52 Å². The molecule has 18 heavy (non-hydrogen) atoms. The summed E-state index contributed by atoms with van der Waals surface area (Å²) in [5.74, 6) is 1.08. The maximum Gasteiger partial charge on any atom is 0.201 e. The van der Waals surface area contributed by atoms with Crippen LogP contribution in [0.4, 0.5) is 0 Å². The van der Waals surface area contributed by atoms with E-state index in [1.165, 1.54) is 12.1 Å². The molecule has 1 N–H and O–H groups in total.